The summed E-state index contributed by atoms with van der Waals surface area (Å²) in [4.78, 5) is 23.7. The molecule has 27 heavy (non-hydrogen) atoms. The highest BCUT2D eigenvalue weighted by Crippen LogP contribution is 2.39. The zero-order valence-corrected chi connectivity index (χ0v) is 15.6. The van der Waals surface area contributed by atoms with Crippen LogP contribution in [0.2, 0.25) is 0 Å². The molecule has 1 saturated carbocycles. The zero-order chi connectivity index (χ0) is 19.1. The van der Waals surface area contributed by atoms with Crippen molar-refractivity contribution in [1.82, 2.24) is 16.0 Å². The van der Waals surface area contributed by atoms with Gasteiger partial charge >= 0.3 is 6.03 Å². The van der Waals surface area contributed by atoms with Crippen LogP contribution in [0, 0.1) is 0 Å². The summed E-state index contributed by atoms with van der Waals surface area (Å²) in [5.74, 6) is 0.595. The van der Waals surface area contributed by atoms with Gasteiger partial charge in [0.2, 0.25) is 0 Å². The van der Waals surface area contributed by atoms with E-state index in [9.17, 15) is 14.7 Å². The van der Waals surface area contributed by atoms with Crippen molar-refractivity contribution in [1.29, 1.82) is 0 Å². The molecule has 3 aliphatic rings. The number of aliphatic hydroxyl groups is 1. The van der Waals surface area contributed by atoms with Gasteiger partial charge < -0.3 is 20.5 Å². The van der Waals surface area contributed by atoms with Gasteiger partial charge in [-0.05, 0) is 74.8 Å². The molecule has 0 bridgehead atoms. The molecule has 0 radical (unpaired) electrons. The lowest BCUT2D eigenvalue weighted by atomic mass is 9.69. The molecule has 1 unspecified atom stereocenters. The van der Waals surface area contributed by atoms with E-state index in [0.717, 1.165) is 31.6 Å². The third-order valence-corrected chi connectivity index (χ3v) is 6.48. The van der Waals surface area contributed by atoms with Crippen LogP contribution in [0.3, 0.4) is 0 Å². The van der Waals surface area contributed by atoms with Crippen molar-refractivity contribution in [2.75, 3.05) is 13.7 Å². The fourth-order valence-electron chi connectivity index (χ4n) is 4.73. The highest BCUT2D eigenvalue weighted by molar-refractivity contribution is 6.07. The molecule has 2 fully saturated rings. The average Bonchev–Trinajstić information content (AvgIpc) is 2.91. The average molecular weight is 373 g/mol. The number of nitrogens with one attached hydrogen (secondary N) is 3. The SMILES string of the molecule is COc1ccc2c(c1)CCCNC(C1(O)CCC3(CC1)NC(=O)NC3=O)C2. The molecule has 1 aliphatic carbocycles. The molecule has 1 saturated heterocycles. The van der Waals surface area contributed by atoms with Crippen LogP contribution in [0.15, 0.2) is 18.2 Å². The van der Waals surface area contributed by atoms with E-state index >= 15 is 0 Å². The van der Waals surface area contributed by atoms with E-state index in [1.807, 2.05) is 6.07 Å². The summed E-state index contributed by atoms with van der Waals surface area (Å²) < 4.78 is 5.35. The summed E-state index contributed by atoms with van der Waals surface area (Å²) in [6.07, 6.45) is 4.58. The van der Waals surface area contributed by atoms with E-state index in [2.05, 4.69) is 28.1 Å². The molecule has 1 aromatic carbocycles. The molecule has 0 aromatic heterocycles. The highest BCUT2D eigenvalue weighted by atomic mass is 16.5. The van der Waals surface area contributed by atoms with Crippen molar-refractivity contribution in [2.45, 2.75) is 62.1 Å². The van der Waals surface area contributed by atoms with Gasteiger partial charge in [-0.15, -0.1) is 0 Å². The molecule has 7 nitrogen and oxygen atoms in total. The van der Waals surface area contributed by atoms with Gasteiger partial charge in [0, 0.05) is 6.04 Å². The van der Waals surface area contributed by atoms with Crippen molar-refractivity contribution in [3.8, 4) is 5.75 Å². The molecular formula is C20H27N3O4. The standard InChI is InChI=1S/C20H27N3O4/c1-27-15-5-4-14-12-16(21-10-2-3-13(14)11-15)20(26)8-6-19(7-9-20)17(24)22-18(25)23-19/h4-5,11,16,21,26H,2-3,6-10,12H2,1H3,(H2,22,23,24,25). The van der Waals surface area contributed by atoms with E-state index < -0.39 is 17.2 Å². The summed E-state index contributed by atoms with van der Waals surface area (Å²) in [6.45, 7) is 0.839. The normalized spacial score (nSPS) is 33.6. The van der Waals surface area contributed by atoms with Crippen LogP contribution in [0.5, 0.6) is 5.75 Å². The zero-order valence-electron chi connectivity index (χ0n) is 15.6. The summed E-state index contributed by atoms with van der Waals surface area (Å²) in [7, 11) is 1.67. The van der Waals surface area contributed by atoms with E-state index in [4.69, 9.17) is 4.74 Å². The lowest BCUT2D eigenvalue weighted by molar-refractivity contribution is -0.128. The number of urea groups is 1. The Morgan fingerprint density at radius 1 is 1.15 bits per heavy atom. The van der Waals surface area contributed by atoms with Crippen molar-refractivity contribution < 1.29 is 19.4 Å². The van der Waals surface area contributed by atoms with E-state index in [0.29, 0.717) is 25.7 Å². The van der Waals surface area contributed by atoms with Crippen LogP contribution >= 0.6 is 0 Å². The number of imide groups is 1. The van der Waals surface area contributed by atoms with Crippen LogP contribution < -0.4 is 20.7 Å². The molecule has 4 rings (SSSR count). The molecule has 4 N–H and O–H groups in total. The summed E-state index contributed by atoms with van der Waals surface area (Å²) in [6, 6.07) is 5.64. The summed E-state index contributed by atoms with van der Waals surface area (Å²) in [5, 5.41) is 20.0. The van der Waals surface area contributed by atoms with Gasteiger partial charge in [0.05, 0.1) is 12.7 Å². The lowest BCUT2D eigenvalue weighted by Gasteiger charge is -2.45. The van der Waals surface area contributed by atoms with Gasteiger partial charge in [0.1, 0.15) is 11.3 Å². The number of benzene rings is 1. The Morgan fingerprint density at radius 2 is 1.93 bits per heavy atom. The monoisotopic (exact) mass is 373 g/mol. The van der Waals surface area contributed by atoms with E-state index in [1.165, 1.54) is 11.1 Å². The topological polar surface area (TPSA) is 99.7 Å². The number of rotatable bonds is 2. The number of hydrogen-bond acceptors (Lipinski definition) is 5. The quantitative estimate of drug-likeness (QED) is 0.580. The number of fused-ring (bicyclic) bond motifs is 1. The molecule has 2 heterocycles. The van der Waals surface area contributed by atoms with E-state index in [-0.39, 0.29) is 11.9 Å². The third-order valence-electron chi connectivity index (χ3n) is 6.48. The fraction of sp³-hybridized carbons (Fsp3) is 0.600. The van der Waals surface area contributed by atoms with Gasteiger partial charge in [0.25, 0.3) is 5.91 Å². The highest BCUT2D eigenvalue weighted by Gasteiger charge is 2.53. The van der Waals surface area contributed by atoms with E-state index in [1.54, 1.807) is 7.11 Å². The number of aryl methyl sites for hydroxylation is 1. The van der Waals surface area contributed by atoms with Crippen LogP contribution in [-0.4, -0.2) is 47.9 Å². The number of amides is 3. The molecular weight excluding hydrogens is 346 g/mol. The second-order valence-corrected chi connectivity index (χ2v) is 8.04. The Kier molecular flexibility index (Phi) is 4.60. The second kappa shape index (κ2) is 6.80. The maximum atomic E-state index is 12.2. The second-order valence-electron chi connectivity index (χ2n) is 8.04. The number of methoxy groups -OCH3 is 1. The predicted octanol–water partition coefficient (Wildman–Crippen LogP) is 1.03. The first kappa shape index (κ1) is 18.3. The summed E-state index contributed by atoms with van der Waals surface area (Å²) >= 11 is 0. The van der Waals surface area contributed by atoms with Crippen molar-refractivity contribution in [2.24, 2.45) is 0 Å². The Morgan fingerprint density at radius 3 is 2.59 bits per heavy atom. The number of hydrogen-bond donors (Lipinski definition) is 4. The number of carbonyl (C=O) groups excluding carboxylic acids is 2. The van der Waals surface area contributed by atoms with Gasteiger partial charge in [-0.2, -0.15) is 0 Å². The predicted molar refractivity (Wildman–Crippen MR) is 99.6 cm³/mol. The maximum Gasteiger partial charge on any atom is 0.322 e. The molecule has 7 heteroatoms. The van der Waals surface area contributed by atoms with Crippen molar-refractivity contribution in [3.05, 3.63) is 29.3 Å². The van der Waals surface area contributed by atoms with Gasteiger partial charge in [-0.3, -0.25) is 10.1 Å². The molecule has 1 atom stereocenters. The minimum atomic E-state index is -0.895. The molecule has 146 valence electrons. The number of ether oxygens (including phenoxy) is 1. The number of carbonyl (C=O) groups is 2. The van der Waals surface area contributed by atoms with Crippen LogP contribution in [0.25, 0.3) is 0 Å². The maximum absolute atomic E-state index is 12.2. The van der Waals surface area contributed by atoms with Gasteiger partial charge in [-0.1, -0.05) is 6.07 Å². The molecule has 1 spiro atoms. The Bertz CT molecular complexity index is 756. The lowest BCUT2D eigenvalue weighted by Crippen LogP contribution is -2.60. The van der Waals surface area contributed by atoms with Crippen molar-refractivity contribution in [3.63, 3.8) is 0 Å². The fourth-order valence-corrected chi connectivity index (χ4v) is 4.73. The minimum absolute atomic E-state index is 0.0811. The molecule has 2 aliphatic heterocycles. The Hall–Kier alpha value is -2.12. The summed E-state index contributed by atoms with van der Waals surface area (Å²) in [5.41, 5.74) is 0.761. The van der Waals surface area contributed by atoms with Crippen LogP contribution in [0.4, 0.5) is 4.79 Å². The third kappa shape index (κ3) is 3.30. The van der Waals surface area contributed by atoms with Crippen LogP contribution in [0.1, 0.15) is 43.2 Å². The molecule has 1 aromatic rings. The van der Waals surface area contributed by atoms with Gasteiger partial charge in [0.15, 0.2) is 0 Å². The van der Waals surface area contributed by atoms with Crippen LogP contribution in [-0.2, 0) is 17.6 Å². The first-order valence-corrected chi connectivity index (χ1v) is 9.69. The Balaban J connectivity index is 1.52. The minimum Gasteiger partial charge on any atom is -0.497 e. The Labute approximate surface area is 158 Å². The molecule has 3 amide bonds. The smallest absolute Gasteiger partial charge is 0.322 e. The largest absolute Gasteiger partial charge is 0.497 e. The van der Waals surface area contributed by atoms with Gasteiger partial charge in [-0.25, -0.2) is 4.79 Å². The first-order chi connectivity index (χ1) is 12.9. The van der Waals surface area contributed by atoms with Crippen molar-refractivity contribution >= 4 is 11.9 Å². The first-order valence-electron chi connectivity index (χ1n) is 9.69.